The number of hydrogen-bond acceptors (Lipinski definition) is 4. The molecule has 17 heavy (non-hydrogen) atoms. The van der Waals surface area contributed by atoms with Gasteiger partial charge in [0.2, 0.25) is 0 Å². The molecule has 0 bridgehead atoms. The summed E-state index contributed by atoms with van der Waals surface area (Å²) in [5, 5.41) is 0. The number of anilines is 1. The van der Waals surface area contributed by atoms with E-state index in [2.05, 4.69) is 10.4 Å². The van der Waals surface area contributed by atoms with Gasteiger partial charge in [0.25, 0.3) is 0 Å². The first-order valence-electron chi connectivity index (χ1n) is 5.50. The molecule has 0 saturated carbocycles. The lowest BCUT2D eigenvalue weighted by atomic mass is 9.99. The smallest absolute Gasteiger partial charge is 0.0521 e. The molecule has 0 fully saturated rings. The van der Waals surface area contributed by atoms with Crippen molar-refractivity contribution in [3.8, 4) is 0 Å². The molecule has 0 aliphatic heterocycles. The van der Waals surface area contributed by atoms with E-state index in [0.29, 0.717) is 0 Å². The standard InChI is InChI=1S/C13H16N4/c14-12-6-2-1-5-11(12)13(17-15)8-10-4-3-7-16-9-10/h1-7,9,13,17H,8,14-15H2. The molecule has 2 rings (SSSR count). The van der Waals surface area contributed by atoms with E-state index in [-0.39, 0.29) is 6.04 Å². The SMILES string of the molecule is NNC(Cc1cccnc1)c1ccccc1N. The fourth-order valence-electron chi connectivity index (χ4n) is 1.84. The summed E-state index contributed by atoms with van der Waals surface area (Å²) in [6, 6.07) is 11.7. The van der Waals surface area contributed by atoms with Crippen LogP contribution in [0, 0.1) is 0 Å². The first-order chi connectivity index (χ1) is 8.31. The first-order valence-corrected chi connectivity index (χ1v) is 5.50. The molecule has 1 aromatic heterocycles. The van der Waals surface area contributed by atoms with Gasteiger partial charge >= 0.3 is 0 Å². The number of hydrazine groups is 1. The zero-order valence-electron chi connectivity index (χ0n) is 9.51. The van der Waals surface area contributed by atoms with E-state index in [1.54, 1.807) is 6.20 Å². The highest BCUT2D eigenvalue weighted by Gasteiger charge is 2.12. The van der Waals surface area contributed by atoms with Crippen molar-refractivity contribution in [1.29, 1.82) is 0 Å². The summed E-state index contributed by atoms with van der Waals surface area (Å²) in [6.07, 6.45) is 4.35. The molecule has 88 valence electrons. The van der Waals surface area contributed by atoms with Crippen LogP contribution in [0.1, 0.15) is 17.2 Å². The fraction of sp³-hybridized carbons (Fsp3) is 0.154. The number of rotatable bonds is 4. The number of nitrogens with zero attached hydrogens (tertiary/aromatic N) is 1. The molecule has 1 unspecified atom stereocenters. The second kappa shape index (κ2) is 5.43. The van der Waals surface area contributed by atoms with Gasteiger partial charge in [-0.25, -0.2) is 0 Å². The summed E-state index contributed by atoms with van der Waals surface area (Å²) in [5.41, 5.74) is 11.6. The predicted molar refractivity (Wildman–Crippen MR) is 68.9 cm³/mol. The third kappa shape index (κ3) is 2.81. The van der Waals surface area contributed by atoms with Crippen molar-refractivity contribution in [2.24, 2.45) is 5.84 Å². The third-order valence-corrected chi connectivity index (χ3v) is 2.74. The molecule has 1 aromatic carbocycles. The molecule has 0 aliphatic carbocycles. The first kappa shape index (κ1) is 11.6. The number of pyridine rings is 1. The minimum absolute atomic E-state index is 0.000370. The maximum absolute atomic E-state index is 5.94. The van der Waals surface area contributed by atoms with E-state index >= 15 is 0 Å². The zero-order chi connectivity index (χ0) is 12.1. The Morgan fingerprint density at radius 2 is 2.00 bits per heavy atom. The molecule has 0 spiro atoms. The van der Waals surface area contributed by atoms with E-state index in [1.807, 2.05) is 42.6 Å². The quantitative estimate of drug-likeness (QED) is 0.420. The third-order valence-electron chi connectivity index (χ3n) is 2.74. The van der Waals surface area contributed by atoms with Crippen LogP contribution in [0.3, 0.4) is 0 Å². The van der Waals surface area contributed by atoms with Crippen molar-refractivity contribution >= 4 is 5.69 Å². The van der Waals surface area contributed by atoms with E-state index in [9.17, 15) is 0 Å². The number of hydrogen-bond donors (Lipinski definition) is 3. The molecule has 5 N–H and O–H groups in total. The molecule has 1 heterocycles. The van der Waals surface area contributed by atoms with Crippen molar-refractivity contribution < 1.29 is 0 Å². The topological polar surface area (TPSA) is 77.0 Å². The number of nitrogen functional groups attached to an aromatic ring is 1. The summed E-state index contributed by atoms with van der Waals surface area (Å²) in [6.45, 7) is 0. The van der Waals surface area contributed by atoms with Gasteiger partial charge in [-0.2, -0.15) is 0 Å². The van der Waals surface area contributed by atoms with Gasteiger partial charge < -0.3 is 5.73 Å². The predicted octanol–water partition coefficient (Wildman–Crippen LogP) is 1.41. The Hall–Kier alpha value is -1.91. The Balaban J connectivity index is 2.21. The summed E-state index contributed by atoms with van der Waals surface area (Å²) < 4.78 is 0. The van der Waals surface area contributed by atoms with Crippen LogP contribution >= 0.6 is 0 Å². The minimum atomic E-state index is 0.000370. The average Bonchev–Trinajstić information content (AvgIpc) is 2.38. The van der Waals surface area contributed by atoms with Gasteiger partial charge in [0.1, 0.15) is 0 Å². The molecule has 4 nitrogen and oxygen atoms in total. The lowest BCUT2D eigenvalue weighted by molar-refractivity contribution is 0.553. The number of benzene rings is 1. The molecule has 2 aromatic rings. The summed E-state index contributed by atoms with van der Waals surface area (Å²) >= 11 is 0. The Labute approximate surface area is 101 Å². The molecule has 0 radical (unpaired) electrons. The molecular formula is C13H16N4. The highest BCUT2D eigenvalue weighted by molar-refractivity contribution is 5.48. The zero-order valence-corrected chi connectivity index (χ0v) is 9.51. The van der Waals surface area contributed by atoms with Crippen molar-refractivity contribution in [3.05, 3.63) is 59.9 Å². The highest BCUT2D eigenvalue weighted by Crippen LogP contribution is 2.22. The molecule has 4 heteroatoms. The maximum Gasteiger partial charge on any atom is 0.0521 e. The van der Waals surface area contributed by atoms with E-state index in [0.717, 1.165) is 23.2 Å². The van der Waals surface area contributed by atoms with Crippen molar-refractivity contribution in [2.45, 2.75) is 12.5 Å². The van der Waals surface area contributed by atoms with Gasteiger partial charge in [-0.15, -0.1) is 0 Å². The van der Waals surface area contributed by atoms with Crippen LogP contribution in [0.25, 0.3) is 0 Å². The van der Waals surface area contributed by atoms with Crippen LogP contribution in [-0.4, -0.2) is 4.98 Å². The number of aromatic nitrogens is 1. The lowest BCUT2D eigenvalue weighted by Gasteiger charge is -2.18. The monoisotopic (exact) mass is 228 g/mol. The number of nitrogens with two attached hydrogens (primary N) is 2. The van der Waals surface area contributed by atoms with Crippen molar-refractivity contribution in [2.75, 3.05) is 5.73 Å². The van der Waals surface area contributed by atoms with Crippen molar-refractivity contribution in [3.63, 3.8) is 0 Å². The molecular weight excluding hydrogens is 212 g/mol. The molecule has 1 atom stereocenters. The Morgan fingerprint density at radius 1 is 1.18 bits per heavy atom. The van der Waals surface area contributed by atoms with Gasteiger partial charge in [-0.05, 0) is 29.7 Å². The van der Waals surface area contributed by atoms with Gasteiger partial charge in [-0.3, -0.25) is 16.3 Å². The molecule has 0 saturated heterocycles. The van der Waals surface area contributed by atoms with Crippen LogP contribution in [0.5, 0.6) is 0 Å². The van der Waals surface area contributed by atoms with Gasteiger partial charge in [-0.1, -0.05) is 24.3 Å². The van der Waals surface area contributed by atoms with Gasteiger partial charge in [0.05, 0.1) is 6.04 Å². The van der Waals surface area contributed by atoms with Crippen LogP contribution in [0.2, 0.25) is 0 Å². The second-order valence-electron chi connectivity index (χ2n) is 3.91. The Kier molecular flexibility index (Phi) is 3.69. The Morgan fingerprint density at radius 3 is 2.65 bits per heavy atom. The average molecular weight is 228 g/mol. The van der Waals surface area contributed by atoms with E-state index in [1.165, 1.54) is 0 Å². The highest BCUT2D eigenvalue weighted by atomic mass is 15.2. The summed E-state index contributed by atoms with van der Waals surface area (Å²) in [5.74, 6) is 5.60. The summed E-state index contributed by atoms with van der Waals surface area (Å²) in [4.78, 5) is 4.09. The van der Waals surface area contributed by atoms with Crippen LogP contribution in [0.15, 0.2) is 48.8 Å². The van der Waals surface area contributed by atoms with E-state index < -0.39 is 0 Å². The van der Waals surface area contributed by atoms with Crippen LogP contribution < -0.4 is 17.0 Å². The lowest BCUT2D eigenvalue weighted by Crippen LogP contribution is -2.30. The summed E-state index contributed by atoms with van der Waals surface area (Å²) in [7, 11) is 0. The fourth-order valence-corrected chi connectivity index (χ4v) is 1.84. The van der Waals surface area contributed by atoms with Crippen LogP contribution in [0.4, 0.5) is 5.69 Å². The Bertz CT molecular complexity index is 470. The van der Waals surface area contributed by atoms with Crippen molar-refractivity contribution in [1.82, 2.24) is 10.4 Å². The van der Waals surface area contributed by atoms with Gasteiger partial charge in [0, 0.05) is 18.1 Å². The van der Waals surface area contributed by atoms with Crippen LogP contribution in [-0.2, 0) is 6.42 Å². The largest absolute Gasteiger partial charge is 0.398 e. The molecule has 0 aliphatic rings. The number of para-hydroxylation sites is 1. The van der Waals surface area contributed by atoms with E-state index in [4.69, 9.17) is 11.6 Å². The normalized spacial score (nSPS) is 12.3. The minimum Gasteiger partial charge on any atom is -0.398 e. The maximum atomic E-state index is 5.94. The number of nitrogens with one attached hydrogen (secondary N) is 1. The second-order valence-corrected chi connectivity index (χ2v) is 3.91. The van der Waals surface area contributed by atoms with Gasteiger partial charge in [0.15, 0.2) is 0 Å². The molecule has 0 amide bonds.